The van der Waals surface area contributed by atoms with Crippen LogP contribution in [-0.4, -0.2) is 34.6 Å². The highest BCUT2D eigenvalue weighted by atomic mass is 32.2. The summed E-state index contributed by atoms with van der Waals surface area (Å²) in [7, 11) is -0.744. The van der Waals surface area contributed by atoms with Gasteiger partial charge in [-0.15, -0.1) is 0 Å². The number of rotatable bonds is 4. The Morgan fingerprint density at radius 1 is 0.882 bits per heavy atom. The summed E-state index contributed by atoms with van der Waals surface area (Å²) in [6.45, 7) is 1.79. The molecule has 6 nitrogen and oxygen atoms in total. The third-order valence-electron chi connectivity index (χ3n) is 5.59. The Balaban J connectivity index is 1.97. The predicted octanol–water partition coefficient (Wildman–Crippen LogP) is 4.86. The molecule has 1 unspecified atom stereocenters. The average molecular weight is 490 g/mol. The largest absolute Gasteiger partial charge is 0.471 e. The summed E-state index contributed by atoms with van der Waals surface area (Å²) in [4.78, 5) is 14.8. The number of para-hydroxylation sites is 2. The van der Waals surface area contributed by atoms with Crippen LogP contribution in [0.2, 0.25) is 0 Å². The monoisotopic (exact) mass is 489 g/mol. The fraction of sp³-hybridized carbons (Fsp3) is 0.208. The number of hydrogen-bond donors (Lipinski definition) is 0. The van der Waals surface area contributed by atoms with Gasteiger partial charge in [0.1, 0.15) is 0 Å². The van der Waals surface area contributed by atoms with E-state index < -0.39 is 28.3 Å². The van der Waals surface area contributed by atoms with Crippen LogP contribution in [0.15, 0.2) is 77.7 Å². The summed E-state index contributed by atoms with van der Waals surface area (Å²) in [5.41, 5.74) is 1.66. The van der Waals surface area contributed by atoms with Gasteiger partial charge >= 0.3 is 12.1 Å². The summed E-state index contributed by atoms with van der Waals surface area (Å²) < 4.78 is 69.5. The molecule has 0 radical (unpaired) electrons. The van der Waals surface area contributed by atoms with Crippen molar-refractivity contribution in [1.29, 1.82) is 0 Å². The first-order valence-electron chi connectivity index (χ1n) is 10.3. The number of anilines is 3. The summed E-state index contributed by atoms with van der Waals surface area (Å²) in [5.74, 6) is -2.15. The maximum Gasteiger partial charge on any atom is 0.471 e. The second kappa shape index (κ2) is 8.35. The van der Waals surface area contributed by atoms with E-state index in [2.05, 4.69) is 0 Å². The maximum atomic E-state index is 13.8. The molecule has 3 aromatic carbocycles. The van der Waals surface area contributed by atoms with Gasteiger partial charge in [-0.05, 0) is 48.9 Å². The van der Waals surface area contributed by atoms with Crippen LogP contribution < -0.4 is 14.1 Å². The van der Waals surface area contributed by atoms with Crippen molar-refractivity contribution >= 4 is 33.0 Å². The number of alkyl halides is 3. The van der Waals surface area contributed by atoms with Gasteiger partial charge in [0.15, 0.2) is 6.17 Å². The van der Waals surface area contributed by atoms with Crippen molar-refractivity contribution in [3.63, 3.8) is 0 Å². The van der Waals surface area contributed by atoms with E-state index in [1.807, 2.05) is 0 Å². The standard InChI is InChI=1S/C24H22F3N3O3S/c1-16-8-14-19(15-9-16)34(32,33)30-21-7-5-4-6-20(21)29(23(31)24(25,26)27)22(30)17-10-12-18(13-11-17)28(2)3/h4-15,22H,1-3H3. The lowest BCUT2D eigenvalue weighted by atomic mass is 10.1. The van der Waals surface area contributed by atoms with Gasteiger partial charge in [-0.3, -0.25) is 9.69 Å². The van der Waals surface area contributed by atoms with Crippen LogP contribution >= 0.6 is 0 Å². The number of carbonyl (C=O) groups excluding carboxylic acids is 1. The van der Waals surface area contributed by atoms with Crippen LogP contribution in [0.5, 0.6) is 0 Å². The van der Waals surface area contributed by atoms with E-state index in [4.69, 9.17) is 0 Å². The van der Waals surface area contributed by atoms with Crippen LogP contribution in [0.4, 0.5) is 30.2 Å². The van der Waals surface area contributed by atoms with E-state index in [9.17, 15) is 26.4 Å². The van der Waals surface area contributed by atoms with Gasteiger partial charge in [0, 0.05) is 19.8 Å². The summed E-state index contributed by atoms with van der Waals surface area (Å²) in [5, 5.41) is 0. The van der Waals surface area contributed by atoms with Gasteiger partial charge in [0.25, 0.3) is 10.0 Å². The van der Waals surface area contributed by atoms with E-state index in [1.54, 1.807) is 50.2 Å². The van der Waals surface area contributed by atoms with Gasteiger partial charge < -0.3 is 4.90 Å². The maximum absolute atomic E-state index is 13.8. The highest BCUT2D eigenvalue weighted by Gasteiger charge is 2.53. The van der Waals surface area contributed by atoms with E-state index >= 15 is 0 Å². The van der Waals surface area contributed by atoms with Crippen molar-refractivity contribution in [3.05, 3.63) is 83.9 Å². The third-order valence-corrected chi connectivity index (χ3v) is 7.37. The second-order valence-corrected chi connectivity index (χ2v) is 9.95. The van der Waals surface area contributed by atoms with Gasteiger partial charge in [0.2, 0.25) is 0 Å². The topological polar surface area (TPSA) is 60.9 Å². The molecule has 0 N–H and O–H groups in total. The van der Waals surface area contributed by atoms with Gasteiger partial charge in [-0.2, -0.15) is 13.2 Å². The van der Waals surface area contributed by atoms with Crippen LogP contribution in [0.3, 0.4) is 0 Å². The molecule has 3 aromatic rings. The molecule has 178 valence electrons. The molecule has 1 atom stereocenters. The molecule has 1 amide bonds. The molecule has 0 saturated heterocycles. The number of amides is 1. The zero-order valence-corrected chi connectivity index (χ0v) is 19.4. The number of halogens is 3. The molecule has 1 heterocycles. The fourth-order valence-corrected chi connectivity index (χ4v) is 5.49. The Morgan fingerprint density at radius 3 is 1.97 bits per heavy atom. The third kappa shape index (κ3) is 3.98. The Kier molecular flexibility index (Phi) is 5.80. The summed E-state index contributed by atoms with van der Waals surface area (Å²) in [6.07, 6.45) is -6.77. The number of sulfonamides is 1. The molecule has 10 heteroatoms. The lowest BCUT2D eigenvalue weighted by molar-refractivity contribution is -0.170. The smallest absolute Gasteiger partial charge is 0.378 e. The molecule has 1 aliphatic heterocycles. The number of nitrogens with zero attached hydrogens (tertiary/aromatic N) is 3. The Labute approximate surface area is 195 Å². The first-order chi connectivity index (χ1) is 15.9. The Morgan fingerprint density at radius 2 is 1.44 bits per heavy atom. The van der Waals surface area contributed by atoms with Gasteiger partial charge in [-0.1, -0.05) is 42.0 Å². The molecular formula is C24H22F3N3O3S. The van der Waals surface area contributed by atoms with Gasteiger partial charge in [0.05, 0.1) is 16.3 Å². The summed E-state index contributed by atoms with van der Waals surface area (Å²) in [6, 6.07) is 18.1. The normalized spacial score (nSPS) is 15.9. The lowest BCUT2D eigenvalue weighted by Crippen LogP contribution is -2.47. The second-order valence-electron chi connectivity index (χ2n) is 8.14. The molecule has 4 rings (SSSR count). The van der Waals surface area contributed by atoms with E-state index in [1.165, 1.54) is 48.5 Å². The highest BCUT2D eigenvalue weighted by molar-refractivity contribution is 7.92. The predicted molar refractivity (Wildman–Crippen MR) is 124 cm³/mol. The van der Waals surface area contributed by atoms with Crippen molar-refractivity contribution in [2.75, 3.05) is 28.2 Å². The highest BCUT2D eigenvalue weighted by Crippen LogP contribution is 2.50. The van der Waals surface area contributed by atoms with Crippen LogP contribution in [0.25, 0.3) is 0 Å². The van der Waals surface area contributed by atoms with Crippen molar-refractivity contribution in [2.45, 2.75) is 24.2 Å². The molecular weight excluding hydrogens is 467 g/mol. The minimum Gasteiger partial charge on any atom is -0.378 e. The quantitative estimate of drug-likeness (QED) is 0.525. The van der Waals surface area contributed by atoms with E-state index in [-0.39, 0.29) is 21.8 Å². The summed E-state index contributed by atoms with van der Waals surface area (Å²) >= 11 is 0. The lowest BCUT2D eigenvalue weighted by Gasteiger charge is -2.32. The zero-order chi connectivity index (χ0) is 24.8. The van der Waals surface area contributed by atoms with Crippen LogP contribution in [0, 0.1) is 6.92 Å². The van der Waals surface area contributed by atoms with Crippen LogP contribution in [-0.2, 0) is 14.8 Å². The average Bonchev–Trinajstić information content (AvgIpc) is 3.14. The van der Waals surface area contributed by atoms with Crippen molar-refractivity contribution < 1.29 is 26.4 Å². The number of fused-ring (bicyclic) bond motifs is 1. The molecule has 0 saturated carbocycles. The minimum absolute atomic E-state index is 0.0117. The van der Waals surface area contributed by atoms with Gasteiger partial charge in [-0.25, -0.2) is 12.7 Å². The SMILES string of the molecule is Cc1ccc(S(=O)(=O)N2c3ccccc3N(C(=O)C(F)(F)F)C2c2ccc(N(C)C)cc2)cc1. The fourth-order valence-electron chi connectivity index (χ4n) is 3.89. The van der Waals surface area contributed by atoms with Crippen LogP contribution in [0.1, 0.15) is 17.3 Å². The molecule has 0 bridgehead atoms. The number of aryl methyl sites for hydroxylation is 1. The molecule has 1 aliphatic rings. The molecule has 0 spiro atoms. The zero-order valence-electron chi connectivity index (χ0n) is 18.6. The van der Waals surface area contributed by atoms with Crippen molar-refractivity contribution in [3.8, 4) is 0 Å². The molecule has 34 heavy (non-hydrogen) atoms. The molecule has 0 fully saturated rings. The first-order valence-corrected chi connectivity index (χ1v) is 11.7. The van der Waals surface area contributed by atoms with Crippen molar-refractivity contribution in [2.24, 2.45) is 0 Å². The molecule has 0 aliphatic carbocycles. The van der Waals surface area contributed by atoms with Crippen molar-refractivity contribution in [1.82, 2.24) is 0 Å². The number of benzene rings is 3. The number of hydrogen-bond acceptors (Lipinski definition) is 4. The molecule has 0 aromatic heterocycles. The minimum atomic E-state index is -5.21. The Bertz CT molecular complexity index is 1320. The first kappa shape index (κ1) is 23.6. The van der Waals surface area contributed by atoms with E-state index in [0.29, 0.717) is 4.90 Å². The number of carbonyl (C=O) groups is 1. The van der Waals surface area contributed by atoms with E-state index in [0.717, 1.165) is 15.6 Å². The Hall–Kier alpha value is -3.53.